The van der Waals surface area contributed by atoms with Crippen molar-refractivity contribution in [3.8, 4) is 5.75 Å². The van der Waals surface area contributed by atoms with E-state index in [1.54, 1.807) is 12.0 Å². The van der Waals surface area contributed by atoms with Gasteiger partial charge < -0.3 is 15.0 Å². The maximum Gasteiger partial charge on any atom is 0.223 e. The van der Waals surface area contributed by atoms with Crippen molar-refractivity contribution in [3.05, 3.63) is 59.7 Å². The fraction of sp³-hybridized carbons (Fsp3) is 0.391. The molecule has 0 heterocycles. The Morgan fingerprint density at radius 3 is 2.21 bits per heavy atom. The lowest BCUT2D eigenvalue weighted by molar-refractivity contribution is -0.121. The number of carbonyl (C=O) groups excluding carboxylic acids is 2. The second-order valence-electron chi connectivity index (χ2n) is 7.11. The van der Waals surface area contributed by atoms with Gasteiger partial charge in [-0.1, -0.05) is 38.1 Å². The van der Waals surface area contributed by atoms with E-state index in [0.717, 1.165) is 23.4 Å². The third-order valence-electron chi connectivity index (χ3n) is 4.71. The molecule has 0 aliphatic heterocycles. The van der Waals surface area contributed by atoms with E-state index < -0.39 is 0 Å². The van der Waals surface area contributed by atoms with Gasteiger partial charge in [-0.15, -0.1) is 0 Å². The molecule has 2 rings (SSSR count). The SMILES string of the molecule is COc1ccc(CCNC(=O)CCN(C(C)=O)c2ccc(C(C)C)cc2)cc1. The number of ether oxygens (including phenoxy) is 1. The van der Waals surface area contributed by atoms with Crippen molar-refractivity contribution in [1.82, 2.24) is 5.32 Å². The number of rotatable bonds is 9. The molecule has 0 radical (unpaired) electrons. The summed E-state index contributed by atoms with van der Waals surface area (Å²) in [4.78, 5) is 25.8. The summed E-state index contributed by atoms with van der Waals surface area (Å²) in [5.74, 6) is 1.14. The van der Waals surface area contributed by atoms with E-state index >= 15 is 0 Å². The topological polar surface area (TPSA) is 58.6 Å². The third-order valence-corrected chi connectivity index (χ3v) is 4.71. The summed E-state index contributed by atoms with van der Waals surface area (Å²) in [6, 6.07) is 15.7. The van der Waals surface area contributed by atoms with Gasteiger partial charge in [0, 0.05) is 32.1 Å². The molecule has 28 heavy (non-hydrogen) atoms. The lowest BCUT2D eigenvalue weighted by Gasteiger charge is -2.21. The molecule has 0 aliphatic rings. The van der Waals surface area contributed by atoms with Gasteiger partial charge in [0.2, 0.25) is 11.8 Å². The highest BCUT2D eigenvalue weighted by Gasteiger charge is 2.13. The number of benzene rings is 2. The van der Waals surface area contributed by atoms with E-state index in [1.165, 1.54) is 12.5 Å². The Bertz CT molecular complexity index is 767. The van der Waals surface area contributed by atoms with Crippen molar-refractivity contribution in [1.29, 1.82) is 0 Å². The Kier molecular flexibility index (Phi) is 8.05. The van der Waals surface area contributed by atoms with Crippen LogP contribution in [0.3, 0.4) is 0 Å². The number of carbonyl (C=O) groups is 2. The fourth-order valence-electron chi connectivity index (χ4n) is 2.95. The number of hydrogen-bond acceptors (Lipinski definition) is 3. The van der Waals surface area contributed by atoms with Crippen molar-refractivity contribution in [2.24, 2.45) is 0 Å². The number of amides is 2. The monoisotopic (exact) mass is 382 g/mol. The molecule has 5 nitrogen and oxygen atoms in total. The summed E-state index contributed by atoms with van der Waals surface area (Å²) < 4.78 is 5.14. The number of nitrogens with one attached hydrogen (secondary N) is 1. The number of hydrogen-bond donors (Lipinski definition) is 1. The molecule has 0 atom stereocenters. The van der Waals surface area contributed by atoms with Crippen LogP contribution in [0, 0.1) is 0 Å². The van der Waals surface area contributed by atoms with Crippen molar-refractivity contribution >= 4 is 17.5 Å². The molecule has 5 heteroatoms. The van der Waals surface area contributed by atoms with Gasteiger partial charge in [0.05, 0.1) is 7.11 Å². The lowest BCUT2D eigenvalue weighted by Crippen LogP contribution is -2.34. The van der Waals surface area contributed by atoms with Crippen molar-refractivity contribution < 1.29 is 14.3 Å². The minimum Gasteiger partial charge on any atom is -0.497 e. The van der Waals surface area contributed by atoms with Crippen LogP contribution < -0.4 is 15.0 Å². The van der Waals surface area contributed by atoms with Crippen LogP contribution in [0.1, 0.15) is 44.2 Å². The second kappa shape index (κ2) is 10.5. The molecular formula is C23H30N2O3. The second-order valence-corrected chi connectivity index (χ2v) is 7.11. The maximum atomic E-state index is 12.2. The van der Waals surface area contributed by atoms with Crippen LogP contribution in [0.4, 0.5) is 5.69 Å². The van der Waals surface area contributed by atoms with Crippen LogP contribution in [-0.4, -0.2) is 32.0 Å². The summed E-state index contributed by atoms with van der Waals surface area (Å²) in [6.07, 6.45) is 1.02. The zero-order valence-corrected chi connectivity index (χ0v) is 17.2. The Morgan fingerprint density at radius 2 is 1.68 bits per heavy atom. The minimum atomic E-state index is -0.0664. The van der Waals surface area contributed by atoms with E-state index in [2.05, 4.69) is 19.2 Å². The summed E-state index contributed by atoms with van der Waals surface area (Å²) in [6.45, 7) is 6.72. The first kappa shape index (κ1) is 21.5. The van der Waals surface area contributed by atoms with Gasteiger partial charge in [0.1, 0.15) is 5.75 Å². The quantitative estimate of drug-likeness (QED) is 0.715. The number of nitrogens with zero attached hydrogens (tertiary/aromatic N) is 1. The summed E-state index contributed by atoms with van der Waals surface area (Å²) in [7, 11) is 1.64. The summed E-state index contributed by atoms with van der Waals surface area (Å²) in [5.41, 5.74) is 3.18. The molecule has 2 aromatic rings. The zero-order valence-electron chi connectivity index (χ0n) is 17.2. The van der Waals surface area contributed by atoms with Gasteiger partial charge in [-0.05, 0) is 47.7 Å². The minimum absolute atomic E-state index is 0.0569. The molecule has 2 amide bonds. The predicted octanol–water partition coefficient (Wildman–Crippen LogP) is 3.92. The van der Waals surface area contributed by atoms with Crippen LogP contribution in [-0.2, 0) is 16.0 Å². The van der Waals surface area contributed by atoms with Crippen LogP contribution in [0.25, 0.3) is 0 Å². The highest BCUT2D eigenvalue weighted by molar-refractivity contribution is 5.92. The van der Waals surface area contributed by atoms with Crippen molar-refractivity contribution in [2.45, 2.75) is 39.5 Å². The highest BCUT2D eigenvalue weighted by atomic mass is 16.5. The van der Waals surface area contributed by atoms with Crippen LogP contribution >= 0.6 is 0 Å². The average molecular weight is 383 g/mol. The molecular weight excluding hydrogens is 352 g/mol. The van der Waals surface area contributed by atoms with Gasteiger partial charge in [0.15, 0.2) is 0 Å². The largest absolute Gasteiger partial charge is 0.497 e. The standard InChI is InChI=1S/C23H30N2O3/c1-17(2)20-7-9-21(10-8-20)25(18(3)26)16-14-23(27)24-15-13-19-5-11-22(28-4)12-6-19/h5-12,17H,13-16H2,1-4H3,(H,24,27). The van der Waals surface area contributed by atoms with Crippen molar-refractivity contribution in [3.63, 3.8) is 0 Å². The van der Waals surface area contributed by atoms with Crippen LogP contribution in [0.2, 0.25) is 0 Å². The van der Waals surface area contributed by atoms with Gasteiger partial charge in [-0.2, -0.15) is 0 Å². The first-order valence-electron chi connectivity index (χ1n) is 9.68. The van der Waals surface area contributed by atoms with E-state index in [0.29, 0.717) is 19.0 Å². The van der Waals surface area contributed by atoms with Crippen LogP contribution in [0.5, 0.6) is 5.75 Å². The van der Waals surface area contributed by atoms with E-state index in [4.69, 9.17) is 4.74 Å². The Morgan fingerprint density at radius 1 is 1.04 bits per heavy atom. The third kappa shape index (κ3) is 6.41. The zero-order chi connectivity index (χ0) is 20.5. The highest BCUT2D eigenvalue weighted by Crippen LogP contribution is 2.20. The van der Waals surface area contributed by atoms with Gasteiger partial charge in [0.25, 0.3) is 0 Å². The van der Waals surface area contributed by atoms with Gasteiger partial charge in [-0.3, -0.25) is 9.59 Å². The van der Waals surface area contributed by atoms with Gasteiger partial charge in [-0.25, -0.2) is 0 Å². The predicted molar refractivity (Wildman–Crippen MR) is 113 cm³/mol. The average Bonchev–Trinajstić information content (AvgIpc) is 2.68. The van der Waals surface area contributed by atoms with Gasteiger partial charge >= 0.3 is 0 Å². The summed E-state index contributed by atoms with van der Waals surface area (Å²) >= 11 is 0. The van der Waals surface area contributed by atoms with E-state index in [1.807, 2.05) is 48.5 Å². The Hall–Kier alpha value is -2.82. The number of methoxy groups -OCH3 is 1. The number of anilines is 1. The first-order valence-corrected chi connectivity index (χ1v) is 9.68. The molecule has 0 aromatic heterocycles. The molecule has 2 aromatic carbocycles. The molecule has 0 bridgehead atoms. The smallest absolute Gasteiger partial charge is 0.223 e. The molecule has 0 fully saturated rings. The normalized spacial score (nSPS) is 10.6. The molecule has 0 unspecified atom stereocenters. The Labute approximate surface area is 167 Å². The molecule has 0 aliphatic carbocycles. The van der Waals surface area contributed by atoms with E-state index in [-0.39, 0.29) is 18.2 Å². The van der Waals surface area contributed by atoms with Crippen molar-refractivity contribution in [2.75, 3.05) is 25.1 Å². The fourth-order valence-corrected chi connectivity index (χ4v) is 2.95. The van der Waals surface area contributed by atoms with Crippen LogP contribution in [0.15, 0.2) is 48.5 Å². The first-order chi connectivity index (χ1) is 13.4. The summed E-state index contributed by atoms with van der Waals surface area (Å²) in [5, 5.41) is 2.92. The molecule has 1 N–H and O–H groups in total. The molecule has 0 saturated heterocycles. The Balaban J connectivity index is 1.82. The molecule has 0 saturated carbocycles. The van der Waals surface area contributed by atoms with E-state index in [9.17, 15) is 9.59 Å². The molecule has 150 valence electrons. The lowest BCUT2D eigenvalue weighted by atomic mass is 10.0. The molecule has 0 spiro atoms. The maximum absolute atomic E-state index is 12.2.